The van der Waals surface area contributed by atoms with E-state index >= 15 is 0 Å². The van der Waals surface area contributed by atoms with Crippen LogP contribution in [0.25, 0.3) is 22.2 Å². The maximum atomic E-state index is 14.1. The fraction of sp³-hybridized carbons (Fsp3) is 0.167. The van der Waals surface area contributed by atoms with E-state index in [1.807, 2.05) is 13.0 Å². The number of aromatic nitrogens is 3. The van der Waals surface area contributed by atoms with Crippen LogP contribution < -0.4 is 10.1 Å². The highest BCUT2D eigenvalue weighted by Crippen LogP contribution is 2.28. The number of amides is 1. The molecule has 0 bridgehead atoms. The highest BCUT2D eigenvalue weighted by Gasteiger charge is 2.11. The topological polar surface area (TPSA) is 114 Å². The van der Waals surface area contributed by atoms with Gasteiger partial charge in [-0.3, -0.25) is 9.59 Å². The van der Waals surface area contributed by atoms with Crippen molar-refractivity contribution < 1.29 is 23.8 Å². The monoisotopic (exact) mass is 372 g/mol. The molecule has 0 saturated carbocycles. The van der Waals surface area contributed by atoms with Gasteiger partial charge in [0.1, 0.15) is 5.82 Å². The van der Waals surface area contributed by atoms with E-state index in [1.165, 1.54) is 26.2 Å². The Hall–Kier alpha value is -3.62. The van der Waals surface area contributed by atoms with Crippen molar-refractivity contribution in [3.63, 3.8) is 0 Å². The standard InChI is InChI=1S/C17H15FN4O2.CH2O2/c1-9-4-14(11-7-19-17(24-3)20-8-11)22-15-6-16(21-10(2)23)13(18)5-12(9)15;2-1-3/h4-8H,1-3H3,(H,21,23);1H,(H,2,3). The van der Waals surface area contributed by atoms with E-state index in [9.17, 15) is 9.18 Å². The molecule has 3 aromatic rings. The number of hydrogen-bond acceptors (Lipinski definition) is 6. The molecule has 0 saturated heterocycles. The molecule has 27 heavy (non-hydrogen) atoms. The minimum Gasteiger partial charge on any atom is -0.483 e. The van der Waals surface area contributed by atoms with Crippen molar-refractivity contribution in [1.29, 1.82) is 0 Å². The maximum absolute atomic E-state index is 14.1. The van der Waals surface area contributed by atoms with E-state index in [1.54, 1.807) is 12.4 Å². The number of carbonyl (C=O) groups is 2. The van der Waals surface area contributed by atoms with Gasteiger partial charge in [0, 0.05) is 30.3 Å². The third kappa shape index (κ3) is 4.72. The Balaban J connectivity index is 0.000000817. The van der Waals surface area contributed by atoms with E-state index in [-0.39, 0.29) is 24.1 Å². The molecule has 0 aliphatic rings. The van der Waals surface area contributed by atoms with Crippen molar-refractivity contribution in [2.24, 2.45) is 0 Å². The number of halogens is 1. The Morgan fingerprint density at radius 2 is 1.89 bits per heavy atom. The molecule has 0 spiro atoms. The Kier molecular flexibility index (Phi) is 6.32. The zero-order valence-electron chi connectivity index (χ0n) is 14.9. The van der Waals surface area contributed by atoms with Crippen LogP contribution in [-0.2, 0) is 9.59 Å². The van der Waals surface area contributed by atoms with Gasteiger partial charge in [-0.05, 0) is 30.7 Å². The summed E-state index contributed by atoms with van der Waals surface area (Å²) >= 11 is 0. The zero-order chi connectivity index (χ0) is 20.0. The number of rotatable bonds is 3. The number of nitrogens with zero attached hydrogens (tertiary/aromatic N) is 3. The molecule has 2 aromatic heterocycles. The molecule has 0 aliphatic carbocycles. The number of aryl methyl sites for hydroxylation is 1. The van der Waals surface area contributed by atoms with Crippen LogP contribution in [0.5, 0.6) is 6.01 Å². The third-order valence-electron chi connectivity index (χ3n) is 3.52. The third-order valence-corrected chi connectivity index (χ3v) is 3.52. The minimum absolute atomic E-state index is 0.102. The van der Waals surface area contributed by atoms with Crippen molar-refractivity contribution in [3.05, 3.63) is 42.0 Å². The Morgan fingerprint density at radius 3 is 2.44 bits per heavy atom. The van der Waals surface area contributed by atoms with Gasteiger partial charge >= 0.3 is 6.01 Å². The number of hydrogen-bond donors (Lipinski definition) is 2. The van der Waals surface area contributed by atoms with Crippen LogP contribution >= 0.6 is 0 Å². The van der Waals surface area contributed by atoms with Crippen LogP contribution in [0.1, 0.15) is 12.5 Å². The number of ether oxygens (including phenoxy) is 1. The predicted octanol–water partition coefficient (Wildman–Crippen LogP) is 2.81. The molecule has 0 aliphatic heterocycles. The van der Waals surface area contributed by atoms with Crippen LogP contribution in [-0.4, -0.2) is 39.5 Å². The summed E-state index contributed by atoms with van der Waals surface area (Å²) < 4.78 is 19.0. The summed E-state index contributed by atoms with van der Waals surface area (Å²) in [4.78, 5) is 32.2. The largest absolute Gasteiger partial charge is 0.483 e. The Morgan fingerprint density at radius 1 is 1.26 bits per heavy atom. The van der Waals surface area contributed by atoms with Gasteiger partial charge in [-0.15, -0.1) is 0 Å². The molecule has 1 aromatic carbocycles. The first-order valence-corrected chi connectivity index (χ1v) is 7.72. The average Bonchev–Trinajstić information content (AvgIpc) is 2.63. The van der Waals surface area contributed by atoms with Gasteiger partial charge in [-0.2, -0.15) is 0 Å². The second kappa shape index (κ2) is 8.65. The molecule has 0 atom stereocenters. The first kappa shape index (κ1) is 19.7. The average molecular weight is 372 g/mol. The number of benzene rings is 1. The number of nitrogens with one attached hydrogen (secondary N) is 1. The second-order valence-corrected chi connectivity index (χ2v) is 5.42. The van der Waals surface area contributed by atoms with E-state index in [4.69, 9.17) is 14.6 Å². The van der Waals surface area contributed by atoms with Gasteiger partial charge in [0.15, 0.2) is 0 Å². The lowest BCUT2D eigenvalue weighted by atomic mass is 10.1. The molecule has 2 N–H and O–H groups in total. The van der Waals surface area contributed by atoms with Crippen LogP contribution in [0.2, 0.25) is 0 Å². The number of carbonyl (C=O) groups excluding carboxylic acids is 1. The van der Waals surface area contributed by atoms with Gasteiger partial charge in [-0.25, -0.2) is 19.3 Å². The number of anilines is 1. The van der Waals surface area contributed by atoms with Crippen LogP contribution in [0.3, 0.4) is 0 Å². The van der Waals surface area contributed by atoms with Gasteiger partial charge < -0.3 is 15.2 Å². The predicted molar refractivity (Wildman–Crippen MR) is 97.0 cm³/mol. The quantitative estimate of drug-likeness (QED) is 0.679. The fourth-order valence-corrected chi connectivity index (χ4v) is 2.40. The fourth-order valence-electron chi connectivity index (χ4n) is 2.40. The number of carboxylic acid groups (broad SMARTS) is 1. The molecular formula is C18H17FN4O4. The second-order valence-electron chi connectivity index (χ2n) is 5.42. The van der Waals surface area contributed by atoms with Crippen molar-refractivity contribution >= 4 is 29.0 Å². The van der Waals surface area contributed by atoms with Crippen molar-refractivity contribution in [3.8, 4) is 17.3 Å². The van der Waals surface area contributed by atoms with E-state index in [0.29, 0.717) is 22.2 Å². The smallest absolute Gasteiger partial charge is 0.316 e. The van der Waals surface area contributed by atoms with Gasteiger partial charge in [0.25, 0.3) is 6.47 Å². The molecule has 0 unspecified atom stereocenters. The summed E-state index contributed by atoms with van der Waals surface area (Å²) in [5.41, 5.74) is 2.91. The molecular weight excluding hydrogens is 355 g/mol. The molecule has 2 heterocycles. The van der Waals surface area contributed by atoms with Crippen molar-refractivity contribution in [1.82, 2.24) is 15.0 Å². The number of methoxy groups -OCH3 is 1. The van der Waals surface area contributed by atoms with E-state index in [0.717, 1.165) is 5.56 Å². The van der Waals surface area contributed by atoms with Gasteiger partial charge in [-0.1, -0.05) is 0 Å². The molecule has 9 heteroatoms. The molecule has 0 radical (unpaired) electrons. The molecule has 8 nitrogen and oxygen atoms in total. The van der Waals surface area contributed by atoms with E-state index < -0.39 is 5.82 Å². The normalized spacial score (nSPS) is 9.93. The first-order valence-electron chi connectivity index (χ1n) is 7.72. The number of fused-ring (bicyclic) bond motifs is 1. The molecule has 0 fully saturated rings. The van der Waals surface area contributed by atoms with Crippen LogP contribution in [0, 0.1) is 12.7 Å². The first-order chi connectivity index (χ1) is 12.9. The Bertz CT molecular complexity index is 977. The summed E-state index contributed by atoms with van der Waals surface area (Å²) in [7, 11) is 1.49. The van der Waals surface area contributed by atoms with Crippen LogP contribution in [0.4, 0.5) is 10.1 Å². The lowest BCUT2D eigenvalue weighted by Gasteiger charge is -2.10. The molecule has 1 amide bonds. The summed E-state index contributed by atoms with van der Waals surface area (Å²) in [5, 5.41) is 10.0. The van der Waals surface area contributed by atoms with Gasteiger partial charge in [0.2, 0.25) is 5.91 Å². The lowest BCUT2D eigenvalue weighted by molar-refractivity contribution is -0.123. The summed E-state index contributed by atoms with van der Waals surface area (Å²) in [6, 6.07) is 5.00. The maximum Gasteiger partial charge on any atom is 0.316 e. The summed E-state index contributed by atoms with van der Waals surface area (Å²) in [6.07, 6.45) is 3.22. The minimum atomic E-state index is -0.497. The summed E-state index contributed by atoms with van der Waals surface area (Å²) in [5.74, 6) is -0.840. The highest BCUT2D eigenvalue weighted by molar-refractivity contribution is 5.93. The van der Waals surface area contributed by atoms with Crippen LogP contribution in [0.15, 0.2) is 30.6 Å². The number of pyridine rings is 1. The highest BCUT2D eigenvalue weighted by atomic mass is 19.1. The Labute approximate surface area is 154 Å². The van der Waals surface area contributed by atoms with Crippen molar-refractivity contribution in [2.45, 2.75) is 13.8 Å². The lowest BCUT2D eigenvalue weighted by Crippen LogP contribution is -2.07. The van der Waals surface area contributed by atoms with E-state index in [2.05, 4.69) is 20.3 Å². The van der Waals surface area contributed by atoms with Crippen molar-refractivity contribution in [2.75, 3.05) is 12.4 Å². The summed E-state index contributed by atoms with van der Waals surface area (Å²) in [6.45, 7) is 2.95. The molecule has 3 rings (SSSR count). The SMILES string of the molecule is COc1ncc(-c2cc(C)c3cc(F)c(NC(C)=O)cc3n2)cn1.O=CO. The van der Waals surface area contributed by atoms with Gasteiger partial charge in [0.05, 0.1) is 24.0 Å². The molecule has 140 valence electrons. The zero-order valence-corrected chi connectivity index (χ0v) is 14.9.